The number of halogens is 1. The van der Waals surface area contributed by atoms with E-state index >= 15 is 0 Å². The maximum atomic E-state index is 11.3. The van der Waals surface area contributed by atoms with Gasteiger partial charge in [-0.3, -0.25) is 4.79 Å². The van der Waals surface area contributed by atoms with Crippen LogP contribution in [0.15, 0.2) is 42.5 Å². The number of aliphatic carboxylic acids is 1. The molecule has 0 aliphatic carbocycles. The van der Waals surface area contributed by atoms with Crippen molar-refractivity contribution in [3.63, 3.8) is 0 Å². The van der Waals surface area contributed by atoms with Crippen molar-refractivity contribution in [2.75, 3.05) is 6.61 Å². The van der Waals surface area contributed by atoms with Gasteiger partial charge in [-0.15, -0.1) is 0 Å². The fraction of sp³-hybridized carbons (Fsp3) is 0.333. The van der Waals surface area contributed by atoms with Crippen LogP contribution < -0.4 is 4.74 Å². The number of ether oxygens (including phenoxy) is 1. The van der Waals surface area contributed by atoms with E-state index in [2.05, 4.69) is 0 Å². The highest BCUT2D eigenvalue weighted by atomic mass is 35.5. The van der Waals surface area contributed by atoms with Gasteiger partial charge in [-0.1, -0.05) is 35.9 Å². The molecule has 0 fully saturated rings. The zero-order valence-electron chi connectivity index (χ0n) is 16.1. The van der Waals surface area contributed by atoms with Crippen LogP contribution in [0.4, 0.5) is 0 Å². The van der Waals surface area contributed by atoms with E-state index in [0.717, 1.165) is 11.3 Å². The van der Waals surface area contributed by atoms with E-state index in [1.807, 2.05) is 31.2 Å². The van der Waals surface area contributed by atoms with Gasteiger partial charge in [0.25, 0.3) is 5.78 Å². The molecule has 2 aromatic carbocycles. The normalized spacial score (nSPS) is 15.1. The fourth-order valence-corrected chi connectivity index (χ4v) is 3.04. The van der Waals surface area contributed by atoms with E-state index in [1.54, 1.807) is 0 Å². The molecule has 30 heavy (non-hydrogen) atoms. The van der Waals surface area contributed by atoms with E-state index in [0.29, 0.717) is 23.6 Å². The van der Waals surface area contributed by atoms with Gasteiger partial charge in [-0.25, -0.2) is 4.79 Å². The molecular weight excluding hydrogens is 416 g/mol. The molecule has 4 unspecified atom stereocenters. The summed E-state index contributed by atoms with van der Waals surface area (Å²) in [7, 11) is 0. The fourth-order valence-electron chi connectivity index (χ4n) is 2.86. The van der Waals surface area contributed by atoms with Crippen molar-refractivity contribution in [2.45, 2.75) is 37.8 Å². The van der Waals surface area contributed by atoms with E-state index in [9.17, 15) is 30.0 Å². The molecule has 0 bridgehead atoms. The van der Waals surface area contributed by atoms with Crippen LogP contribution in [0.1, 0.15) is 29.7 Å². The van der Waals surface area contributed by atoms with Crippen LogP contribution in [-0.2, 0) is 16.0 Å². The molecule has 5 N–H and O–H groups in total. The molecule has 0 spiro atoms. The molecule has 9 heteroatoms. The van der Waals surface area contributed by atoms with Gasteiger partial charge in [0, 0.05) is 5.02 Å². The Morgan fingerprint density at radius 2 is 1.63 bits per heavy atom. The summed E-state index contributed by atoms with van der Waals surface area (Å²) >= 11 is 6.23. The van der Waals surface area contributed by atoms with Crippen LogP contribution in [0.3, 0.4) is 0 Å². The number of carboxylic acids is 1. The molecule has 2 aromatic rings. The van der Waals surface area contributed by atoms with Gasteiger partial charge < -0.3 is 30.3 Å². The van der Waals surface area contributed by atoms with Crippen molar-refractivity contribution in [2.24, 2.45) is 0 Å². The molecule has 0 aliphatic rings. The van der Waals surface area contributed by atoms with E-state index in [-0.39, 0.29) is 5.56 Å². The smallest absolute Gasteiger partial charge is 0.375 e. The highest BCUT2D eigenvalue weighted by Crippen LogP contribution is 2.27. The lowest BCUT2D eigenvalue weighted by Gasteiger charge is -2.25. The molecule has 4 atom stereocenters. The summed E-state index contributed by atoms with van der Waals surface area (Å²) in [6, 6.07) is 11.8. The minimum absolute atomic E-state index is 0.168. The highest BCUT2D eigenvalue weighted by Gasteiger charge is 2.37. The second-order valence-electron chi connectivity index (χ2n) is 6.64. The third-order valence-electron chi connectivity index (χ3n) is 4.52. The van der Waals surface area contributed by atoms with E-state index < -0.39 is 36.2 Å². The van der Waals surface area contributed by atoms with Crippen molar-refractivity contribution in [3.8, 4) is 5.75 Å². The topological polar surface area (TPSA) is 145 Å². The van der Waals surface area contributed by atoms with Crippen molar-refractivity contribution in [3.05, 3.63) is 64.2 Å². The van der Waals surface area contributed by atoms with E-state index in [1.165, 1.54) is 18.2 Å². The summed E-state index contributed by atoms with van der Waals surface area (Å²) in [6.45, 7) is 2.43. The first kappa shape index (κ1) is 23.8. The molecule has 0 saturated carbocycles. The molecule has 0 amide bonds. The van der Waals surface area contributed by atoms with Gasteiger partial charge >= 0.3 is 5.97 Å². The van der Waals surface area contributed by atoms with Crippen LogP contribution in [0.2, 0.25) is 5.02 Å². The summed E-state index contributed by atoms with van der Waals surface area (Å²) < 4.78 is 5.39. The maximum absolute atomic E-state index is 11.3. The zero-order chi connectivity index (χ0) is 22.4. The number of carboxylic acid groups (broad SMARTS) is 1. The number of carbonyl (C=O) groups is 2. The number of aliphatic hydroxyl groups excluding tert-OH is 4. The number of hydrogen-bond acceptors (Lipinski definition) is 7. The van der Waals surface area contributed by atoms with Crippen LogP contribution >= 0.6 is 11.6 Å². The van der Waals surface area contributed by atoms with Gasteiger partial charge in [-0.05, 0) is 48.2 Å². The number of Topliss-reactive ketones (excluding diaryl/α,β-unsaturated/α-hetero) is 1. The van der Waals surface area contributed by atoms with Gasteiger partial charge in [0.15, 0.2) is 6.10 Å². The molecule has 0 aromatic heterocycles. The van der Waals surface area contributed by atoms with Crippen molar-refractivity contribution >= 4 is 23.4 Å². The third-order valence-corrected chi connectivity index (χ3v) is 4.89. The zero-order valence-corrected chi connectivity index (χ0v) is 16.9. The summed E-state index contributed by atoms with van der Waals surface area (Å²) in [5.74, 6) is -2.93. The van der Waals surface area contributed by atoms with Crippen LogP contribution in [0, 0.1) is 0 Å². The molecule has 0 saturated heterocycles. The molecule has 162 valence electrons. The Morgan fingerprint density at radius 3 is 2.20 bits per heavy atom. The average Bonchev–Trinajstić information content (AvgIpc) is 2.74. The first-order chi connectivity index (χ1) is 14.1. The molecule has 8 nitrogen and oxygen atoms in total. The highest BCUT2D eigenvalue weighted by molar-refractivity contribution is 6.34. The lowest BCUT2D eigenvalue weighted by Crippen LogP contribution is -2.47. The summed E-state index contributed by atoms with van der Waals surface area (Å²) in [5, 5.41) is 49.0. The van der Waals surface area contributed by atoms with Crippen molar-refractivity contribution in [1.29, 1.82) is 0 Å². The Kier molecular flexibility index (Phi) is 8.33. The minimum Gasteiger partial charge on any atom is -0.494 e. The van der Waals surface area contributed by atoms with Crippen molar-refractivity contribution in [1.82, 2.24) is 0 Å². The predicted molar refractivity (Wildman–Crippen MR) is 107 cm³/mol. The Bertz CT molecular complexity index is 883. The molecule has 0 heterocycles. The number of carbonyl (C=O) groups excluding carboxylic acids is 1. The first-order valence-corrected chi connectivity index (χ1v) is 9.53. The molecule has 2 rings (SSSR count). The first-order valence-electron chi connectivity index (χ1n) is 9.15. The Hall–Kier alpha value is -2.49. The van der Waals surface area contributed by atoms with Crippen LogP contribution in [0.25, 0.3) is 0 Å². The van der Waals surface area contributed by atoms with Crippen molar-refractivity contribution < 1.29 is 39.9 Å². The lowest BCUT2D eigenvalue weighted by molar-refractivity contribution is -0.161. The quantitative estimate of drug-likeness (QED) is 0.347. The molecular formula is C21H23ClO8. The number of aliphatic hydroxyl groups is 4. The number of ketones is 1. The Morgan fingerprint density at radius 1 is 1.00 bits per heavy atom. The summed E-state index contributed by atoms with van der Waals surface area (Å²) in [5.41, 5.74) is 1.71. The largest absolute Gasteiger partial charge is 0.494 e. The van der Waals surface area contributed by atoms with E-state index in [4.69, 9.17) is 21.4 Å². The summed E-state index contributed by atoms with van der Waals surface area (Å²) in [6.07, 6.45) is -7.89. The maximum Gasteiger partial charge on any atom is 0.375 e. The van der Waals surface area contributed by atoms with Gasteiger partial charge in [0.2, 0.25) is 0 Å². The Balaban J connectivity index is 2.18. The molecule has 0 aliphatic heterocycles. The second-order valence-corrected chi connectivity index (χ2v) is 7.05. The Labute approximate surface area is 177 Å². The standard InChI is InChI=1S/C21H23ClO8/c1-2-30-14-6-3-11(4-7-14)9-13-10-12(5-8-15(13)22)16(23)17(24)18(25)19(26)20(27)21(28)29/h3-8,10,16-19,23-26H,2,9H2,1H3,(H,28,29). The monoisotopic (exact) mass is 438 g/mol. The van der Waals surface area contributed by atoms with Gasteiger partial charge in [-0.2, -0.15) is 0 Å². The minimum atomic E-state index is -2.39. The van der Waals surface area contributed by atoms with Gasteiger partial charge in [0.05, 0.1) is 6.61 Å². The molecule has 0 radical (unpaired) electrons. The SMILES string of the molecule is CCOc1ccc(Cc2cc(C(O)C(O)C(O)C(O)C(=O)C(=O)O)ccc2Cl)cc1. The number of rotatable bonds is 10. The van der Waals surface area contributed by atoms with Gasteiger partial charge in [0.1, 0.15) is 24.1 Å². The third kappa shape index (κ3) is 5.78. The number of hydrogen-bond donors (Lipinski definition) is 5. The predicted octanol–water partition coefficient (Wildman–Crippen LogP) is 1.10. The second kappa shape index (κ2) is 10.5. The van der Waals surface area contributed by atoms with Crippen LogP contribution in [0.5, 0.6) is 5.75 Å². The van der Waals surface area contributed by atoms with Crippen LogP contribution in [-0.4, -0.2) is 62.2 Å². The number of benzene rings is 2. The summed E-state index contributed by atoms with van der Waals surface area (Å²) in [4.78, 5) is 21.9. The lowest BCUT2D eigenvalue weighted by atomic mass is 9.93. The average molecular weight is 439 g/mol.